The first-order valence-corrected chi connectivity index (χ1v) is 6.67. The fourth-order valence-corrected chi connectivity index (χ4v) is 2.80. The zero-order valence-corrected chi connectivity index (χ0v) is 11.6. The minimum atomic E-state index is 0.221. The van der Waals surface area contributed by atoms with Crippen molar-refractivity contribution in [3.8, 4) is 16.2 Å². The van der Waals surface area contributed by atoms with E-state index in [1.807, 2.05) is 29.6 Å². The van der Waals surface area contributed by atoms with Crippen molar-refractivity contribution in [1.29, 1.82) is 5.41 Å². The third-order valence-electron chi connectivity index (χ3n) is 2.28. The lowest BCUT2D eigenvalue weighted by Gasteiger charge is -2.00. The van der Waals surface area contributed by atoms with Crippen LogP contribution in [0.2, 0.25) is 0 Å². The second kappa shape index (κ2) is 4.55. The molecule has 0 aliphatic heterocycles. The first-order chi connectivity index (χ1) is 7.59. The van der Waals surface area contributed by atoms with E-state index < -0.39 is 0 Å². The fourth-order valence-electron chi connectivity index (χ4n) is 1.42. The SMILES string of the molecule is CC(=N)c1csc(-c2ccc(I)cc2)c1O. The molecule has 0 amide bonds. The molecule has 2 rings (SSSR count). The van der Waals surface area contributed by atoms with E-state index in [0.29, 0.717) is 11.3 Å². The molecule has 16 heavy (non-hydrogen) atoms. The summed E-state index contributed by atoms with van der Waals surface area (Å²) in [6.45, 7) is 1.68. The van der Waals surface area contributed by atoms with E-state index in [2.05, 4.69) is 22.6 Å². The Balaban J connectivity index is 2.49. The van der Waals surface area contributed by atoms with Gasteiger partial charge in [-0.25, -0.2) is 0 Å². The smallest absolute Gasteiger partial charge is 0.143 e. The number of rotatable bonds is 2. The summed E-state index contributed by atoms with van der Waals surface area (Å²) in [5, 5.41) is 19.3. The van der Waals surface area contributed by atoms with Gasteiger partial charge in [-0.1, -0.05) is 12.1 Å². The topological polar surface area (TPSA) is 44.1 Å². The highest BCUT2D eigenvalue weighted by Crippen LogP contribution is 2.38. The lowest BCUT2D eigenvalue weighted by Crippen LogP contribution is -1.88. The van der Waals surface area contributed by atoms with Gasteiger partial charge in [-0.05, 0) is 47.2 Å². The number of thiophene rings is 1. The van der Waals surface area contributed by atoms with Gasteiger partial charge in [0.1, 0.15) is 5.75 Å². The average Bonchev–Trinajstić information content (AvgIpc) is 2.61. The maximum absolute atomic E-state index is 9.99. The summed E-state index contributed by atoms with van der Waals surface area (Å²) >= 11 is 3.72. The van der Waals surface area contributed by atoms with Gasteiger partial charge in [0.25, 0.3) is 0 Å². The van der Waals surface area contributed by atoms with Crippen molar-refractivity contribution in [2.24, 2.45) is 0 Å². The van der Waals surface area contributed by atoms with E-state index in [4.69, 9.17) is 5.41 Å². The molecule has 1 aromatic carbocycles. The molecule has 0 fully saturated rings. The van der Waals surface area contributed by atoms with Crippen LogP contribution in [0.4, 0.5) is 0 Å². The number of hydrogen-bond acceptors (Lipinski definition) is 3. The highest BCUT2D eigenvalue weighted by Gasteiger charge is 2.13. The third-order valence-corrected chi connectivity index (χ3v) is 4.01. The van der Waals surface area contributed by atoms with Gasteiger partial charge >= 0.3 is 0 Å². The Morgan fingerprint density at radius 1 is 1.31 bits per heavy atom. The van der Waals surface area contributed by atoms with Crippen LogP contribution in [-0.2, 0) is 0 Å². The molecule has 0 radical (unpaired) electrons. The summed E-state index contributed by atoms with van der Waals surface area (Å²) in [6.07, 6.45) is 0. The Kier molecular flexibility index (Phi) is 3.30. The van der Waals surface area contributed by atoms with Crippen LogP contribution in [0.1, 0.15) is 12.5 Å². The minimum absolute atomic E-state index is 0.221. The number of aromatic hydroxyl groups is 1. The first kappa shape index (κ1) is 11.6. The lowest BCUT2D eigenvalue weighted by molar-refractivity contribution is 0.478. The second-order valence-corrected chi connectivity index (χ2v) is 5.58. The molecule has 0 aliphatic rings. The van der Waals surface area contributed by atoms with Crippen LogP contribution in [-0.4, -0.2) is 10.8 Å². The monoisotopic (exact) mass is 343 g/mol. The molecule has 0 spiro atoms. The van der Waals surface area contributed by atoms with Crippen LogP contribution in [0.25, 0.3) is 10.4 Å². The van der Waals surface area contributed by atoms with Crippen LogP contribution >= 0.6 is 33.9 Å². The number of benzene rings is 1. The molecule has 2 N–H and O–H groups in total. The molecule has 2 nitrogen and oxygen atoms in total. The van der Waals surface area contributed by atoms with E-state index >= 15 is 0 Å². The van der Waals surface area contributed by atoms with Crippen molar-refractivity contribution < 1.29 is 5.11 Å². The van der Waals surface area contributed by atoms with Gasteiger partial charge in [0, 0.05) is 20.2 Å². The van der Waals surface area contributed by atoms with E-state index in [-0.39, 0.29) is 5.75 Å². The predicted molar refractivity (Wildman–Crippen MR) is 76.6 cm³/mol. The van der Waals surface area contributed by atoms with Crippen LogP contribution < -0.4 is 0 Å². The summed E-state index contributed by atoms with van der Waals surface area (Å²) in [5.74, 6) is 0.221. The van der Waals surface area contributed by atoms with Crippen molar-refractivity contribution in [3.05, 3.63) is 38.8 Å². The van der Waals surface area contributed by atoms with Crippen LogP contribution in [0, 0.1) is 8.98 Å². The Labute approximate surface area is 112 Å². The highest BCUT2D eigenvalue weighted by atomic mass is 127. The quantitative estimate of drug-likeness (QED) is 0.625. The summed E-state index contributed by atoms with van der Waals surface area (Å²) in [7, 11) is 0. The summed E-state index contributed by atoms with van der Waals surface area (Å²) in [6, 6.07) is 7.98. The van der Waals surface area contributed by atoms with Crippen molar-refractivity contribution in [1.82, 2.24) is 0 Å². The normalized spacial score (nSPS) is 10.4. The van der Waals surface area contributed by atoms with Crippen LogP contribution in [0.3, 0.4) is 0 Å². The molecule has 1 aromatic heterocycles. The largest absolute Gasteiger partial charge is 0.506 e. The first-order valence-electron chi connectivity index (χ1n) is 4.71. The Hall–Kier alpha value is -0.880. The van der Waals surface area contributed by atoms with Crippen LogP contribution in [0.15, 0.2) is 29.6 Å². The predicted octanol–water partition coefficient (Wildman–Crippen LogP) is 4.11. The Morgan fingerprint density at radius 3 is 2.44 bits per heavy atom. The summed E-state index contributed by atoms with van der Waals surface area (Å²) in [4.78, 5) is 0.831. The van der Waals surface area contributed by atoms with Gasteiger partial charge in [0.15, 0.2) is 0 Å². The molecule has 0 unspecified atom stereocenters. The Morgan fingerprint density at radius 2 is 1.94 bits per heavy atom. The van der Waals surface area contributed by atoms with Crippen molar-refractivity contribution >= 4 is 39.6 Å². The number of hydrogen-bond donors (Lipinski definition) is 2. The molecule has 0 saturated carbocycles. The molecule has 0 atom stereocenters. The zero-order valence-electron chi connectivity index (χ0n) is 8.62. The molecule has 0 bridgehead atoms. The van der Waals surface area contributed by atoms with Gasteiger partial charge in [-0.2, -0.15) is 0 Å². The van der Waals surface area contributed by atoms with Crippen LogP contribution in [0.5, 0.6) is 5.75 Å². The van der Waals surface area contributed by atoms with Gasteiger partial charge in [0.05, 0.1) is 4.88 Å². The summed E-state index contributed by atoms with van der Waals surface area (Å²) in [5.41, 5.74) is 2.01. The fraction of sp³-hybridized carbons (Fsp3) is 0.0833. The standard InChI is InChI=1S/C12H10INOS/c1-7(14)10-6-16-12(11(10)15)8-2-4-9(13)5-3-8/h2-6,14-15H,1H3. The van der Waals surface area contributed by atoms with E-state index in [9.17, 15) is 5.11 Å². The molecule has 2 aromatic rings. The number of halogens is 1. The second-order valence-electron chi connectivity index (χ2n) is 3.46. The van der Waals surface area contributed by atoms with Gasteiger partial charge in [-0.3, -0.25) is 0 Å². The van der Waals surface area contributed by atoms with E-state index in [0.717, 1.165) is 10.4 Å². The minimum Gasteiger partial charge on any atom is -0.506 e. The molecule has 82 valence electrons. The molecular weight excluding hydrogens is 333 g/mol. The molecule has 0 aliphatic carbocycles. The lowest BCUT2D eigenvalue weighted by atomic mass is 10.1. The molecule has 4 heteroatoms. The van der Waals surface area contributed by atoms with Crippen molar-refractivity contribution in [2.45, 2.75) is 6.92 Å². The van der Waals surface area contributed by atoms with E-state index in [1.165, 1.54) is 14.9 Å². The third kappa shape index (κ3) is 2.12. The maximum atomic E-state index is 9.99. The van der Waals surface area contributed by atoms with Gasteiger partial charge in [0.2, 0.25) is 0 Å². The molecular formula is C12H10INOS. The van der Waals surface area contributed by atoms with Gasteiger partial charge in [-0.15, -0.1) is 11.3 Å². The summed E-state index contributed by atoms with van der Waals surface area (Å²) < 4.78 is 1.17. The molecule has 1 heterocycles. The zero-order chi connectivity index (χ0) is 11.7. The molecule has 0 saturated heterocycles. The Bertz CT molecular complexity index is 530. The maximum Gasteiger partial charge on any atom is 0.143 e. The number of nitrogens with one attached hydrogen (secondary N) is 1. The van der Waals surface area contributed by atoms with Crippen molar-refractivity contribution in [3.63, 3.8) is 0 Å². The average molecular weight is 343 g/mol. The highest BCUT2D eigenvalue weighted by molar-refractivity contribution is 14.1. The van der Waals surface area contributed by atoms with Gasteiger partial charge < -0.3 is 10.5 Å². The van der Waals surface area contributed by atoms with Crippen molar-refractivity contribution in [2.75, 3.05) is 0 Å². The van der Waals surface area contributed by atoms with E-state index in [1.54, 1.807) is 6.92 Å².